The molecule has 2 aliphatic heterocycles. The maximum atomic E-state index is 5.09. The number of fused-ring (bicyclic) bond motifs is 1. The molecule has 0 bridgehead atoms. The Hall–Kier alpha value is -3.86. The number of nitrogens with zero attached hydrogens (tertiary/aromatic N) is 4. The minimum absolute atomic E-state index is 0.0938. The quantitative estimate of drug-likeness (QED) is 0.238. The number of aliphatic imine (C=N–C) groups is 2. The van der Waals surface area contributed by atoms with Crippen LogP contribution in [-0.4, -0.2) is 22.4 Å². The second-order valence-corrected chi connectivity index (χ2v) is 18.2. The molecule has 5 heteroatoms. The molecule has 3 aromatic rings. The number of benzene rings is 1. The Morgan fingerprint density at radius 3 is 1.72 bits per heavy atom. The fraction of sp³-hybridized carbons (Fsp3) is 0.511. The van der Waals surface area contributed by atoms with Gasteiger partial charge in [0.25, 0.3) is 0 Å². The molecule has 0 N–H and O–H groups in total. The van der Waals surface area contributed by atoms with Crippen molar-refractivity contribution < 1.29 is 4.42 Å². The first-order chi connectivity index (χ1) is 23.0. The van der Waals surface area contributed by atoms with Crippen molar-refractivity contribution in [3.8, 4) is 0 Å². The van der Waals surface area contributed by atoms with Crippen LogP contribution in [0.1, 0.15) is 139 Å². The van der Waals surface area contributed by atoms with Gasteiger partial charge < -0.3 is 4.42 Å². The monoisotopic (exact) mass is 679 g/mol. The van der Waals surface area contributed by atoms with Crippen molar-refractivity contribution in [2.75, 3.05) is 0 Å². The van der Waals surface area contributed by atoms with Gasteiger partial charge in [-0.25, -0.2) is 4.98 Å². The Labute approximate surface area is 305 Å². The van der Waals surface area contributed by atoms with Crippen molar-refractivity contribution in [2.45, 2.75) is 139 Å². The summed E-state index contributed by atoms with van der Waals surface area (Å²) in [6.45, 7) is 32.8. The fourth-order valence-electron chi connectivity index (χ4n) is 4.83. The number of rotatable bonds is 0. The first kappa shape index (κ1) is 42.3. The lowest BCUT2D eigenvalue weighted by Crippen LogP contribution is -2.12. The summed E-state index contributed by atoms with van der Waals surface area (Å²) in [6.07, 6.45) is 20.9. The highest BCUT2D eigenvalue weighted by Gasteiger charge is 2.19. The van der Waals surface area contributed by atoms with E-state index in [1.165, 1.54) is 23.2 Å². The van der Waals surface area contributed by atoms with Gasteiger partial charge in [0.1, 0.15) is 5.76 Å². The lowest BCUT2D eigenvalue weighted by molar-refractivity contribution is 0.408. The van der Waals surface area contributed by atoms with Gasteiger partial charge in [-0.15, -0.1) is 0 Å². The van der Waals surface area contributed by atoms with Crippen LogP contribution in [0.4, 0.5) is 5.69 Å². The van der Waals surface area contributed by atoms with E-state index in [-0.39, 0.29) is 21.7 Å². The van der Waals surface area contributed by atoms with Gasteiger partial charge in [0.05, 0.1) is 11.9 Å². The molecule has 3 aliphatic rings. The SMILES string of the molecule is CC(C)(C)C1=CC=CC1.CC(C)(C)C1=CCC=N1.CC(C)(C)c1ccc2c(c1)N=CC2.CC(C)(C)c1ccccn1.CC(C)(C)c1cnco1. The summed E-state index contributed by atoms with van der Waals surface area (Å²) in [5, 5.41) is 0. The largest absolute Gasteiger partial charge is 0.448 e. The Morgan fingerprint density at radius 2 is 1.36 bits per heavy atom. The van der Waals surface area contributed by atoms with Crippen molar-refractivity contribution >= 4 is 18.1 Å². The van der Waals surface area contributed by atoms with Crippen molar-refractivity contribution in [2.24, 2.45) is 20.8 Å². The third-order valence-electron chi connectivity index (χ3n) is 8.25. The Bertz CT molecular complexity index is 1600. The van der Waals surface area contributed by atoms with Crippen molar-refractivity contribution in [3.05, 3.63) is 113 Å². The Morgan fingerprint density at radius 1 is 0.660 bits per heavy atom. The van der Waals surface area contributed by atoms with Crippen LogP contribution in [0.3, 0.4) is 0 Å². The zero-order valence-corrected chi connectivity index (χ0v) is 34.0. The molecular weight excluding hydrogens is 613 g/mol. The molecule has 0 radical (unpaired) electrons. The van der Waals surface area contributed by atoms with Crippen LogP contribution in [0.15, 0.2) is 105 Å². The molecular formula is C45H66N4O. The van der Waals surface area contributed by atoms with Gasteiger partial charge in [0.15, 0.2) is 6.39 Å². The average Bonchev–Trinajstić information content (AvgIpc) is 3.84. The molecule has 6 rings (SSSR count). The number of allylic oxidation sites excluding steroid dienone is 6. The first-order valence-electron chi connectivity index (χ1n) is 18.1. The van der Waals surface area contributed by atoms with Gasteiger partial charge in [-0.05, 0) is 46.6 Å². The number of hydrogen-bond acceptors (Lipinski definition) is 5. The van der Waals surface area contributed by atoms with Crippen LogP contribution in [0.5, 0.6) is 0 Å². The topological polar surface area (TPSA) is 63.6 Å². The highest BCUT2D eigenvalue weighted by Crippen LogP contribution is 2.32. The summed E-state index contributed by atoms with van der Waals surface area (Å²) >= 11 is 0. The smallest absolute Gasteiger partial charge is 0.180 e. The standard InChI is InChI=1S/C12H15N.C9H13N.C9H14.C8H13N.C7H11NO/c1-12(2,3)10-5-4-9-6-7-13-11(9)8-10;1-9(2,3)8-6-4-5-7-10-8;1-9(2,3)8-6-4-5-7-8;1-8(2,3)7-5-4-6-9-7;1-7(2,3)6-4-8-5-9-6/h4-5,7-8H,6H2,1-3H3;4-7H,1-3H3;4-6H,7H2,1-3H3;5-6H,4H2,1-3H3;4-5H,1-3H3. The maximum Gasteiger partial charge on any atom is 0.180 e. The first-order valence-corrected chi connectivity index (χ1v) is 18.1. The molecule has 0 saturated carbocycles. The molecule has 0 fully saturated rings. The third kappa shape index (κ3) is 14.9. The molecule has 2 aromatic heterocycles. The minimum atomic E-state index is 0.0938. The molecule has 1 aromatic carbocycles. The number of aromatic nitrogens is 2. The van der Waals surface area contributed by atoms with Crippen LogP contribution >= 0.6 is 0 Å². The number of hydrogen-bond donors (Lipinski definition) is 0. The predicted molar refractivity (Wildman–Crippen MR) is 217 cm³/mol. The Balaban J connectivity index is 0.000000219. The molecule has 0 spiro atoms. The average molecular weight is 679 g/mol. The van der Waals surface area contributed by atoms with Gasteiger partial charge in [-0.1, -0.05) is 152 Å². The molecule has 272 valence electrons. The van der Waals surface area contributed by atoms with E-state index in [4.69, 9.17) is 4.42 Å². The van der Waals surface area contributed by atoms with Crippen LogP contribution < -0.4 is 0 Å². The van der Waals surface area contributed by atoms with E-state index >= 15 is 0 Å². The van der Waals surface area contributed by atoms with E-state index in [1.54, 1.807) is 11.8 Å². The summed E-state index contributed by atoms with van der Waals surface area (Å²) in [5.41, 5.74) is 8.92. The van der Waals surface area contributed by atoms with E-state index in [0.29, 0.717) is 5.41 Å². The molecule has 5 nitrogen and oxygen atoms in total. The highest BCUT2D eigenvalue weighted by molar-refractivity contribution is 5.76. The van der Waals surface area contributed by atoms with Crippen molar-refractivity contribution in [1.29, 1.82) is 0 Å². The molecule has 50 heavy (non-hydrogen) atoms. The van der Waals surface area contributed by atoms with Gasteiger partial charge in [0.2, 0.25) is 0 Å². The molecule has 0 saturated heterocycles. The summed E-state index contributed by atoms with van der Waals surface area (Å²) in [6, 6.07) is 12.6. The molecule has 0 unspecified atom stereocenters. The molecule has 1 aliphatic carbocycles. The maximum absolute atomic E-state index is 5.09. The van der Waals surface area contributed by atoms with Gasteiger partial charge in [-0.2, -0.15) is 0 Å². The van der Waals surface area contributed by atoms with Gasteiger partial charge >= 0.3 is 0 Å². The third-order valence-corrected chi connectivity index (χ3v) is 8.25. The highest BCUT2D eigenvalue weighted by atomic mass is 16.3. The fourth-order valence-corrected chi connectivity index (χ4v) is 4.83. The van der Waals surface area contributed by atoms with E-state index < -0.39 is 0 Å². The lowest BCUT2D eigenvalue weighted by Gasteiger charge is -2.19. The molecule has 0 amide bonds. The summed E-state index contributed by atoms with van der Waals surface area (Å²) in [7, 11) is 0. The van der Waals surface area contributed by atoms with Crippen molar-refractivity contribution in [1.82, 2.24) is 9.97 Å². The minimum Gasteiger partial charge on any atom is -0.448 e. The normalized spacial score (nSPS) is 14.9. The zero-order chi connectivity index (χ0) is 37.8. The van der Waals surface area contributed by atoms with Crippen molar-refractivity contribution in [3.63, 3.8) is 0 Å². The van der Waals surface area contributed by atoms with Crippen LogP contribution in [0.2, 0.25) is 0 Å². The number of oxazole rings is 1. The molecule has 0 atom stereocenters. The van der Waals surface area contributed by atoms with E-state index in [2.05, 4.69) is 172 Å². The van der Waals surface area contributed by atoms with Crippen LogP contribution in [0.25, 0.3) is 0 Å². The second-order valence-electron chi connectivity index (χ2n) is 18.2. The van der Waals surface area contributed by atoms with Crippen LogP contribution in [0, 0.1) is 10.8 Å². The Kier molecular flexibility index (Phi) is 15.1. The van der Waals surface area contributed by atoms with Gasteiger partial charge in [-0.3, -0.25) is 15.0 Å². The van der Waals surface area contributed by atoms with E-state index in [9.17, 15) is 0 Å². The van der Waals surface area contributed by atoms with E-state index in [1.807, 2.05) is 30.8 Å². The van der Waals surface area contributed by atoms with Gasteiger partial charge in [0, 0.05) is 59.1 Å². The second kappa shape index (κ2) is 17.9. The lowest BCUT2D eigenvalue weighted by atomic mass is 9.86. The summed E-state index contributed by atoms with van der Waals surface area (Å²) in [4.78, 5) is 16.7. The predicted octanol–water partition coefficient (Wildman–Crippen LogP) is 12.9. The van der Waals surface area contributed by atoms with E-state index in [0.717, 1.165) is 36.4 Å². The summed E-state index contributed by atoms with van der Waals surface area (Å²) in [5.74, 6) is 0.933. The molecule has 4 heterocycles. The number of pyridine rings is 1. The van der Waals surface area contributed by atoms with Crippen LogP contribution in [-0.2, 0) is 22.7 Å². The summed E-state index contributed by atoms with van der Waals surface area (Å²) < 4.78 is 5.09. The zero-order valence-electron chi connectivity index (χ0n) is 34.0.